The normalized spacial score (nSPS) is 10.6. The van der Waals surface area contributed by atoms with Crippen LogP contribution in [0.15, 0.2) is 83.4 Å². The Morgan fingerprint density at radius 2 is 1.77 bits per heavy atom. The Hall–Kier alpha value is -4.00. The summed E-state index contributed by atoms with van der Waals surface area (Å²) in [5, 5.41) is 7.12. The molecule has 4 rings (SSSR count). The summed E-state index contributed by atoms with van der Waals surface area (Å²) in [6.45, 7) is 0.843. The van der Waals surface area contributed by atoms with Crippen molar-refractivity contribution in [3.05, 3.63) is 96.1 Å². The van der Waals surface area contributed by atoms with Crippen LogP contribution in [0.3, 0.4) is 0 Å². The second-order valence-corrected chi connectivity index (χ2v) is 6.57. The van der Waals surface area contributed by atoms with Crippen molar-refractivity contribution in [1.82, 2.24) is 9.78 Å². The van der Waals surface area contributed by atoms with E-state index in [1.54, 1.807) is 42.1 Å². The van der Waals surface area contributed by atoms with Crippen LogP contribution in [-0.2, 0) is 13.2 Å². The van der Waals surface area contributed by atoms with E-state index in [1.165, 1.54) is 0 Å². The highest BCUT2D eigenvalue weighted by Gasteiger charge is 2.13. The van der Waals surface area contributed by atoms with Gasteiger partial charge in [-0.2, -0.15) is 5.10 Å². The molecule has 0 saturated carbocycles. The number of carbonyl (C=O) groups excluding carboxylic acids is 1. The van der Waals surface area contributed by atoms with Crippen molar-refractivity contribution in [2.45, 2.75) is 13.2 Å². The Kier molecular flexibility index (Phi) is 5.80. The number of aromatic nitrogens is 2. The maximum Gasteiger partial charge on any atom is 0.292 e. The average Bonchev–Trinajstić information content (AvgIpc) is 3.43. The van der Waals surface area contributed by atoms with E-state index in [1.807, 2.05) is 48.7 Å². The van der Waals surface area contributed by atoms with Gasteiger partial charge in [0.05, 0.1) is 13.7 Å². The largest absolute Gasteiger partial charge is 0.497 e. The summed E-state index contributed by atoms with van der Waals surface area (Å²) < 4.78 is 18.1. The van der Waals surface area contributed by atoms with Crippen molar-refractivity contribution in [2.75, 3.05) is 12.4 Å². The predicted octanol–water partition coefficient (Wildman–Crippen LogP) is 4.36. The number of anilines is 1. The van der Waals surface area contributed by atoms with E-state index >= 15 is 0 Å². The van der Waals surface area contributed by atoms with Crippen molar-refractivity contribution >= 4 is 11.7 Å². The number of methoxy groups -OCH3 is 1. The number of hydrogen-bond donors (Lipinski definition) is 1. The number of carbonyl (C=O) groups is 1. The Morgan fingerprint density at radius 1 is 1.00 bits per heavy atom. The van der Waals surface area contributed by atoms with E-state index < -0.39 is 0 Å². The summed E-state index contributed by atoms with van der Waals surface area (Å²) in [5.74, 6) is 2.28. The summed E-state index contributed by atoms with van der Waals surface area (Å²) in [4.78, 5) is 12.4. The molecule has 1 amide bonds. The van der Waals surface area contributed by atoms with Gasteiger partial charge in [-0.3, -0.25) is 9.48 Å². The zero-order valence-corrected chi connectivity index (χ0v) is 16.4. The third-order valence-corrected chi connectivity index (χ3v) is 4.40. The number of nitrogens with zero attached hydrogens (tertiary/aromatic N) is 2. The molecule has 0 spiro atoms. The summed E-state index contributed by atoms with van der Waals surface area (Å²) in [6.07, 6.45) is 1.82. The lowest BCUT2D eigenvalue weighted by atomic mass is 10.2. The molecule has 2 heterocycles. The van der Waals surface area contributed by atoms with Gasteiger partial charge in [0.15, 0.2) is 11.6 Å². The van der Waals surface area contributed by atoms with Crippen molar-refractivity contribution in [3.63, 3.8) is 0 Å². The molecule has 0 aliphatic rings. The molecule has 7 heteroatoms. The van der Waals surface area contributed by atoms with E-state index in [2.05, 4.69) is 10.4 Å². The monoisotopic (exact) mass is 403 g/mol. The fourth-order valence-electron chi connectivity index (χ4n) is 2.87. The highest BCUT2D eigenvalue weighted by Crippen LogP contribution is 2.19. The number of furan rings is 1. The second kappa shape index (κ2) is 9.00. The topological polar surface area (TPSA) is 78.5 Å². The fraction of sp³-hybridized carbons (Fsp3) is 0.130. The minimum absolute atomic E-state index is 0.195. The van der Waals surface area contributed by atoms with E-state index in [9.17, 15) is 4.79 Å². The molecule has 0 unspecified atom stereocenters. The van der Waals surface area contributed by atoms with Crippen LogP contribution < -0.4 is 14.8 Å². The first kappa shape index (κ1) is 19.3. The Balaban J connectivity index is 1.31. The first-order valence-corrected chi connectivity index (χ1v) is 9.44. The minimum atomic E-state index is -0.365. The SMILES string of the molecule is COc1ccc(OCc2ccc(C(=O)Nc3ccn(Cc4ccccc4)n3)o2)cc1. The zero-order valence-electron chi connectivity index (χ0n) is 16.4. The molecular weight excluding hydrogens is 382 g/mol. The van der Waals surface area contributed by atoms with Crippen LogP contribution in [0.25, 0.3) is 0 Å². The molecule has 7 nitrogen and oxygen atoms in total. The van der Waals surface area contributed by atoms with Crippen LogP contribution in [0.2, 0.25) is 0 Å². The molecule has 0 fully saturated rings. The first-order chi connectivity index (χ1) is 14.7. The van der Waals surface area contributed by atoms with Crippen LogP contribution in [0.4, 0.5) is 5.82 Å². The maximum atomic E-state index is 12.4. The van der Waals surface area contributed by atoms with Gasteiger partial charge in [-0.1, -0.05) is 30.3 Å². The Labute approximate surface area is 173 Å². The molecule has 4 aromatic rings. The molecule has 0 bridgehead atoms. The standard InChI is InChI=1S/C23H21N3O4/c1-28-18-7-9-19(10-8-18)29-16-20-11-12-21(30-20)23(27)24-22-13-14-26(25-22)15-17-5-3-2-4-6-17/h2-14H,15-16H2,1H3,(H,24,25,27). The molecule has 0 saturated heterocycles. The highest BCUT2D eigenvalue weighted by molar-refractivity contribution is 6.01. The lowest BCUT2D eigenvalue weighted by Crippen LogP contribution is -2.12. The number of hydrogen-bond acceptors (Lipinski definition) is 5. The smallest absolute Gasteiger partial charge is 0.292 e. The summed E-state index contributed by atoms with van der Waals surface area (Å²) >= 11 is 0. The molecular formula is C23H21N3O4. The van der Waals surface area contributed by atoms with Gasteiger partial charge in [0.1, 0.15) is 23.9 Å². The maximum absolute atomic E-state index is 12.4. The first-order valence-electron chi connectivity index (χ1n) is 9.44. The summed E-state index contributed by atoms with van der Waals surface area (Å²) in [6, 6.07) is 22.3. The lowest BCUT2D eigenvalue weighted by Gasteiger charge is -2.05. The van der Waals surface area contributed by atoms with Crippen LogP contribution in [0.1, 0.15) is 21.9 Å². The van der Waals surface area contributed by atoms with Gasteiger partial charge in [-0.05, 0) is 42.0 Å². The van der Waals surface area contributed by atoms with Gasteiger partial charge in [0.25, 0.3) is 5.91 Å². The molecule has 30 heavy (non-hydrogen) atoms. The zero-order chi connectivity index (χ0) is 20.8. The quantitative estimate of drug-likeness (QED) is 0.473. The van der Waals surface area contributed by atoms with Gasteiger partial charge in [0.2, 0.25) is 0 Å². The third-order valence-electron chi connectivity index (χ3n) is 4.40. The lowest BCUT2D eigenvalue weighted by molar-refractivity contribution is 0.0992. The highest BCUT2D eigenvalue weighted by atomic mass is 16.5. The van der Waals surface area contributed by atoms with Crippen molar-refractivity contribution < 1.29 is 18.7 Å². The molecule has 152 valence electrons. The predicted molar refractivity (Wildman–Crippen MR) is 112 cm³/mol. The van der Waals surface area contributed by atoms with Gasteiger partial charge >= 0.3 is 0 Å². The van der Waals surface area contributed by atoms with E-state index in [4.69, 9.17) is 13.9 Å². The van der Waals surface area contributed by atoms with Crippen molar-refractivity contribution in [2.24, 2.45) is 0 Å². The van der Waals surface area contributed by atoms with Crippen LogP contribution in [0.5, 0.6) is 11.5 Å². The van der Waals surface area contributed by atoms with Crippen LogP contribution in [0, 0.1) is 0 Å². The van der Waals surface area contributed by atoms with Gasteiger partial charge in [-0.25, -0.2) is 0 Å². The van der Waals surface area contributed by atoms with Crippen molar-refractivity contribution in [3.8, 4) is 11.5 Å². The molecule has 0 radical (unpaired) electrons. The van der Waals surface area contributed by atoms with E-state index in [0.717, 1.165) is 11.3 Å². The van der Waals surface area contributed by atoms with Crippen molar-refractivity contribution in [1.29, 1.82) is 0 Å². The number of nitrogens with one attached hydrogen (secondary N) is 1. The van der Waals surface area contributed by atoms with E-state index in [-0.39, 0.29) is 18.3 Å². The molecule has 2 aromatic carbocycles. The van der Waals surface area contributed by atoms with Gasteiger partial charge in [-0.15, -0.1) is 0 Å². The molecule has 0 atom stereocenters. The number of rotatable bonds is 8. The molecule has 0 aliphatic carbocycles. The summed E-state index contributed by atoms with van der Waals surface area (Å²) in [5.41, 5.74) is 1.13. The van der Waals surface area contributed by atoms with Crippen LogP contribution >= 0.6 is 0 Å². The number of benzene rings is 2. The van der Waals surface area contributed by atoms with Gasteiger partial charge < -0.3 is 19.2 Å². The van der Waals surface area contributed by atoms with Gasteiger partial charge in [0, 0.05) is 12.3 Å². The molecule has 0 aliphatic heterocycles. The Bertz CT molecular complexity index is 1100. The Morgan fingerprint density at radius 3 is 2.53 bits per heavy atom. The van der Waals surface area contributed by atoms with E-state index in [0.29, 0.717) is 23.9 Å². The minimum Gasteiger partial charge on any atom is -0.497 e. The third kappa shape index (κ3) is 4.88. The number of ether oxygens (including phenoxy) is 2. The average molecular weight is 403 g/mol. The number of amides is 1. The fourth-order valence-corrected chi connectivity index (χ4v) is 2.87. The summed E-state index contributed by atoms with van der Waals surface area (Å²) in [7, 11) is 1.61. The molecule has 2 aromatic heterocycles. The second-order valence-electron chi connectivity index (χ2n) is 6.57. The van der Waals surface area contributed by atoms with Crippen LogP contribution in [-0.4, -0.2) is 22.8 Å². The molecule has 1 N–H and O–H groups in total.